The van der Waals surface area contributed by atoms with Gasteiger partial charge in [0.05, 0.1) is 6.61 Å². The number of hydrogen-bond acceptors (Lipinski definition) is 5. The summed E-state index contributed by atoms with van der Waals surface area (Å²) in [4.78, 5) is 25.2. The molecule has 0 bridgehead atoms. The van der Waals surface area contributed by atoms with Gasteiger partial charge in [0.15, 0.2) is 6.61 Å². The van der Waals surface area contributed by atoms with Crippen molar-refractivity contribution in [2.75, 3.05) is 19.0 Å². The molecule has 3 aromatic carbocycles. The molecule has 4 rings (SSSR count). The van der Waals surface area contributed by atoms with Gasteiger partial charge in [-0.05, 0) is 54.0 Å². The summed E-state index contributed by atoms with van der Waals surface area (Å²) < 4.78 is 12.2. The molecular weight excluding hydrogens is 482 g/mol. The summed E-state index contributed by atoms with van der Waals surface area (Å²) in [5.41, 5.74) is 3.48. The lowest BCUT2D eigenvalue weighted by Crippen LogP contribution is -2.20. The fourth-order valence-corrected chi connectivity index (χ4v) is 5.07. The number of carbonyl (C=O) groups excluding carboxylic acids is 1. The Morgan fingerprint density at radius 3 is 2.24 bits per heavy atom. The van der Waals surface area contributed by atoms with Crippen LogP contribution in [-0.2, 0) is 16.1 Å². The van der Waals surface area contributed by atoms with Gasteiger partial charge >= 0.3 is 5.97 Å². The third-order valence-electron chi connectivity index (χ3n) is 5.89. The molecule has 4 aromatic rings. The zero-order chi connectivity index (χ0) is 25.9. The van der Waals surface area contributed by atoms with Gasteiger partial charge < -0.3 is 14.0 Å². The Kier molecular flexibility index (Phi) is 9.60. The minimum atomic E-state index is -0.380. The van der Waals surface area contributed by atoms with Crippen LogP contribution in [0.4, 0.5) is 0 Å². The highest BCUT2D eigenvalue weighted by molar-refractivity contribution is 7.99. The van der Waals surface area contributed by atoms with Gasteiger partial charge in [0.1, 0.15) is 5.75 Å². The zero-order valence-corrected chi connectivity index (χ0v) is 21.7. The summed E-state index contributed by atoms with van der Waals surface area (Å²) in [6, 6.07) is 32.1. The molecule has 190 valence electrons. The summed E-state index contributed by atoms with van der Waals surface area (Å²) in [6.07, 6.45) is 2.84. The van der Waals surface area contributed by atoms with Crippen molar-refractivity contribution in [3.63, 3.8) is 0 Å². The SMILES string of the molecule is CCOC(=O)COc1cccc(SCCCn2cc(C(c3ccccc3)c3ccccc3)ccc2=O)c1. The second-order valence-electron chi connectivity index (χ2n) is 8.52. The molecule has 0 aliphatic carbocycles. The van der Waals surface area contributed by atoms with Crippen LogP contribution in [0.25, 0.3) is 0 Å². The van der Waals surface area contributed by atoms with Gasteiger partial charge in [-0.1, -0.05) is 72.8 Å². The molecular formula is C31H31NO4S. The number of pyridine rings is 1. The Bertz CT molecular complexity index is 1300. The van der Waals surface area contributed by atoms with Crippen LogP contribution in [0.5, 0.6) is 5.75 Å². The largest absolute Gasteiger partial charge is 0.482 e. The van der Waals surface area contributed by atoms with E-state index in [-0.39, 0.29) is 24.1 Å². The number of benzene rings is 3. The average molecular weight is 514 g/mol. The minimum absolute atomic E-state index is 0.00276. The maximum absolute atomic E-state index is 12.7. The van der Waals surface area contributed by atoms with E-state index in [9.17, 15) is 9.59 Å². The Morgan fingerprint density at radius 2 is 1.57 bits per heavy atom. The Labute approximate surface area is 222 Å². The number of hydrogen-bond donors (Lipinski definition) is 0. The van der Waals surface area contributed by atoms with Gasteiger partial charge in [-0.25, -0.2) is 4.79 Å². The molecule has 0 amide bonds. The molecule has 1 heterocycles. The number of rotatable bonds is 12. The van der Waals surface area contributed by atoms with Crippen molar-refractivity contribution in [3.8, 4) is 5.75 Å². The van der Waals surface area contributed by atoms with E-state index in [0.717, 1.165) is 22.6 Å². The quantitative estimate of drug-likeness (QED) is 0.129. The van der Waals surface area contributed by atoms with E-state index in [4.69, 9.17) is 9.47 Å². The number of thioether (sulfide) groups is 1. The summed E-state index contributed by atoms with van der Waals surface area (Å²) >= 11 is 1.70. The standard InChI is InChI=1S/C31H31NO4S/c1-2-35-30(34)23-36-27-15-9-16-28(21-27)37-20-10-19-32-22-26(17-18-29(32)33)31(24-11-5-3-6-12-24)25-13-7-4-8-14-25/h3-9,11-18,21-22,31H,2,10,19-20,23H2,1H3. The van der Waals surface area contributed by atoms with Crippen molar-refractivity contribution in [1.29, 1.82) is 0 Å². The van der Waals surface area contributed by atoms with E-state index >= 15 is 0 Å². The summed E-state index contributed by atoms with van der Waals surface area (Å²) in [7, 11) is 0. The maximum Gasteiger partial charge on any atom is 0.344 e. The van der Waals surface area contributed by atoms with E-state index in [1.807, 2.05) is 53.2 Å². The number of ether oxygens (including phenoxy) is 2. The third-order valence-corrected chi connectivity index (χ3v) is 6.97. The smallest absolute Gasteiger partial charge is 0.344 e. The third kappa shape index (κ3) is 7.61. The molecule has 0 aliphatic heterocycles. The second-order valence-corrected chi connectivity index (χ2v) is 9.69. The monoisotopic (exact) mass is 513 g/mol. The first-order valence-corrected chi connectivity index (χ1v) is 13.4. The van der Waals surface area contributed by atoms with Crippen molar-refractivity contribution in [1.82, 2.24) is 4.57 Å². The first-order valence-electron chi connectivity index (χ1n) is 12.5. The Hall–Kier alpha value is -3.77. The Morgan fingerprint density at radius 1 is 0.865 bits per heavy atom. The molecule has 0 unspecified atom stereocenters. The van der Waals surface area contributed by atoms with Crippen LogP contribution in [0.15, 0.2) is 113 Å². The fraction of sp³-hybridized carbons (Fsp3) is 0.226. The van der Waals surface area contributed by atoms with Gasteiger partial charge in [0, 0.05) is 29.6 Å². The highest BCUT2D eigenvalue weighted by Gasteiger charge is 2.17. The number of aryl methyl sites for hydroxylation is 1. The summed E-state index contributed by atoms with van der Waals surface area (Å²) in [5.74, 6) is 1.16. The van der Waals surface area contributed by atoms with Gasteiger partial charge in [0.2, 0.25) is 0 Å². The van der Waals surface area contributed by atoms with Crippen molar-refractivity contribution >= 4 is 17.7 Å². The lowest BCUT2D eigenvalue weighted by Gasteiger charge is -2.20. The summed E-state index contributed by atoms with van der Waals surface area (Å²) in [6.45, 7) is 2.64. The summed E-state index contributed by atoms with van der Waals surface area (Å²) in [5, 5.41) is 0. The van der Waals surface area contributed by atoms with E-state index < -0.39 is 0 Å². The number of esters is 1. The fourth-order valence-electron chi connectivity index (χ4n) is 4.19. The predicted octanol–water partition coefficient (Wildman–Crippen LogP) is 6.15. The maximum atomic E-state index is 12.7. The molecule has 0 saturated heterocycles. The number of aromatic nitrogens is 1. The topological polar surface area (TPSA) is 57.5 Å². The lowest BCUT2D eigenvalue weighted by atomic mass is 9.86. The predicted molar refractivity (Wildman–Crippen MR) is 148 cm³/mol. The molecule has 0 saturated carbocycles. The van der Waals surface area contributed by atoms with Gasteiger partial charge in [-0.2, -0.15) is 0 Å². The molecule has 1 aromatic heterocycles. The molecule has 0 fully saturated rings. The van der Waals surface area contributed by atoms with Gasteiger partial charge in [-0.3, -0.25) is 4.79 Å². The van der Waals surface area contributed by atoms with E-state index in [2.05, 4.69) is 48.5 Å². The minimum Gasteiger partial charge on any atom is -0.482 e. The number of nitrogens with zero attached hydrogens (tertiary/aromatic N) is 1. The van der Waals surface area contributed by atoms with Crippen molar-refractivity contribution < 1.29 is 14.3 Å². The normalized spacial score (nSPS) is 10.9. The van der Waals surface area contributed by atoms with Crippen molar-refractivity contribution in [2.45, 2.75) is 30.7 Å². The van der Waals surface area contributed by atoms with Crippen LogP contribution >= 0.6 is 11.8 Å². The molecule has 37 heavy (non-hydrogen) atoms. The molecule has 0 aliphatic rings. The van der Waals surface area contributed by atoms with Gasteiger partial charge in [-0.15, -0.1) is 11.8 Å². The first-order chi connectivity index (χ1) is 18.1. The Balaban J connectivity index is 1.40. The molecule has 0 atom stereocenters. The van der Waals surface area contributed by atoms with E-state index in [1.165, 1.54) is 11.1 Å². The highest BCUT2D eigenvalue weighted by atomic mass is 32.2. The van der Waals surface area contributed by atoms with Crippen LogP contribution in [-0.4, -0.2) is 29.5 Å². The van der Waals surface area contributed by atoms with Gasteiger partial charge in [0.25, 0.3) is 5.56 Å². The van der Waals surface area contributed by atoms with Crippen molar-refractivity contribution in [3.05, 3.63) is 130 Å². The average Bonchev–Trinajstić information content (AvgIpc) is 2.93. The highest BCUT2D eigenvalue weighted by Crippen LogP contribution is 2.31. The van der Waals surface area contributed by atoms with Crippen LogP contribution in [0.3, 0.4) is 0 Å². The zero-order valence-electron chi connectivity index (χ0n) is 20.9. The molecule has 5 nitrogen and oxygen atoms in total. The molecule has 6 heteroatoms. The lowest BCUT2D eigenvalue weighted by molar-refractivity contribution is -0.145. The number of carbonyl (C=O) groups is 1. The molecule has 0 spiro atoms. The van der Waals surface area contributed by atoms with Crippen molar-refractivity contribution in [2.24, 2.45) is 0 Å². The van der Waals surface area contributed by atoms with E-state index in [1.54, 1.807) is 24.8 Å². The second kappa shape index (κ2) is 13.5. The first kappa shape index (κ1) is 26.3. The molecule has 0 radical (unpaired) electrons. The van der Waals surface area contributed by atoms with Crippen LogP contribution < -0.4 is 10.3 Å². The van der Waals surface area contributed by atoms with E-state index in [0.29, 0.717) is 18.9 Å². The molecule has 0 N–H and O–H groups in total. The van der Waals surface area contributed by atoms with Crippen LogP contribution in [0, 0.1) is 0 Å². The van der Waals surface area contributed by atoms with Crippen LogP contribution in [0.2, 0.25) is 0 Å². The van der Waals surface area contributed by atoms with Crippen LogP contribution in [0.1, 0.15) is 36.0 Å².